The Hall–Kier alpha value is -1.08. The number of rotatable bonds is 5. The molecule has 0 N–H and O–H groups in total. The Morgan fingerprint density at radius 3 is 2.00 bits per heavy atom. The Morgan fingerprint density at radius 2 is 1.46 bits per heavy atom. The van der Waals surface area contributed by atoms with Crippen LogP contribution < -0.4 is 0 Å². The Labute approximate surface area is 148 Å². The Balaban J connectivity index is 1.47. The van der Waals surface area contributed by atoms with Gasteiger partial charge in [-0.15, -0.1) is 0 Å². The molecule has 0 saturated heterocycles. The highest BCUT2D eigenvalue weighted by Gasteiger charge is 2.30. The molecule has 0 atom stereocenters. The summed E-state index contributed by atoms with van der Waals surface area (Å²) >= 11 is 0. The van der Waals surface area contributed by atoms with E-state index in [2.05, 4.69) is 43.3 Å². The van der Waals surface area contributed by atoms with Crippen LogP contribution in [0.15, 0.2) is 36.4 Å². The molecule has 1 nitrogen and oxygen atoms in total. The van der Waals surface area contributed by atoms with Gasteiger partial charge in [0.05, 0.1) is 6.61 Å². The zero-order valence-corrected chi connectivity index (χ0v) is 15.5. The molecule has 132 valence electrons. The number of benzene rings is 1. The lowest BCUT2D eigenvalue weighted by Gasteiger charge is -2.37. The van der Waals surface area contributed by atoms with Crippen LogP contribution >= 0.6 is 0 Å². The van der Waals surface area contributed by atoms with Crippen molar-refractivity contribution in [1.82, 2.24) is 0 Å². The van der Waals surface area contributed by atoms with E-state index in [0.717, 1.165) is 30.3 Å². The van der Waals surface area contributed by atoms with Gasteiger partial charge in [-0.25, -0.2) is 0 Å². The number of hydrogen-bond donors (Lipinski definition) is 0. The third-order valence-electron chi connectivity index (χ3n) is 6.48. The first-order valence-electron chi connectivity index (χ1n) is 10.0. The molecular formula is C23H34O. The van der Waals surface area contributed by atoms with Crippen LogP contribution in [0.3, 0.4) is 0 Å². The van der Waals surface area contributed by atoms with Gasteiger partial charge in [0.1, 0.15) is 0 Å². The van der Waals surface area contributed by atoms with Crippen LogP contribution in [0.1, 0.15) is 75.3 Å². The predicted molar refractivity (Wildman–Crippen MR) is 102 cm³/mol. The maximum atomic E-state index is 5.21. The lowest BCUT2D eigenvalue weighted by molar-refractivity contribution is 0.171. The van der Waals surface area contributed by atoms with Gasteiger partial charge in [0, 0.05) is 7.11 Å². The van der Waals surface area contributed by atoms with Crippen LogP contribution in [-0.2, 0) is 11.3 Å². The molecule has 2 aliphatic carbocycles. The average molecular weight is 327 g/mol. The standard InChI is InChI=1S/C23H34O/c1-3-4-18-5-9-20(10-6-18)22-13-15-23(16-14-22)21-11-7-19(8-12-21)17-24-2/h3-4,7-8,11-12,18,20,22-23H,5-6,9-10,13-17H2,1-2H3/b4-3-. The maximum Gasteiger partial charge on any atom is 0.0713 e. The normalized spacial score (nSPS) is 31.4. The van der Waals surface area contributed by atoms with Gasteiger partial charge in [0.2, 0.25) is 0 Å². The van der Waals surface area contributed by atoms with Crippen molar-refractivity contribution in [2.75, 3.05) is 7.11 Å². The van der Waals surface area contributed by atoms with E-state index < -0.39 is 0 Å². The Bertz CT molecular complexity index is 499. The van der Waals surface area contributed by atoms with Crippen molar-refractivity contribution in [1.29, 1.82) is 0 Å². The molecular weight excluding hydrogens is 292 g/mol. The second-order valence-corrected chi connectivity index (χ2v) is 7.99. The van der Waals surface area contributed by atoms with Gasteiger partial charge in [-0.3, -0.25) is 0 Å². The van der Waals surface area contributed by atoms with Crippen molar-refractivity contribution in [3.63, 3.8) is 0 Å². The molecule has 0 aromatic heterocycles. The fourth-order valence-corrected chi connectivity index (χ4v) is 5.06. The van der Waals surface area contributed by atoms with Crippen LogP contribution in [-0.4, -0.2) is 7.11 Å². The summed E-state index contributed by atoms with van der Waals surface area (Å²) in [7, 11) is 1.77. The molecule has 1 aromatic carbocycles. The summed E-state index contributed by atoms with van der Waals surface area (Å²) in [6, 6.07) is 9.16. The number of methoxy groups -OCH3 is 1. The van der Waals surface area contributed by atoms with Crippen LogP contribution in [0.4, 0.5) is 0 Å². The summed E-state index contributed by atoms with van der Waals surface area (Å²) < 4.78 is 5.21. The summed E-state index contributed by atoms with van der Waals surface area (Å²) in [5, 5.41) is 0. The van der Waals surface area contributed by atoms with E-state index in [4.69, 9.17) is 4.74 Å². The van der Waals surface area contributed by atoms with Gasteiger partial charge in [-0.05, 0) is 93.1 Å². The number of allylic oxidation sites excluding steroid dienone is 2. The summed E-state index contributed by atoms with van der Waals surface area (Å²) in [5.74, 6) is 3.67. The third-order valence-corrected chi connectivity index (χ3v) is 6.48. The lowest BCUT2D eigenvalue weighted by Crippen LogP contribution is -2.25. The quantitative estimate of drug-likeness (QED) is 0.562. The summed E-state index contributed by atoms with van der Waals surface area (Å²) in [4.78, 5) is 0. The van der Waals surface area contributed by atoms with E-state index >= 15 is 0 Å². The molecule has 1 aromatic rings. The van der Waals surface area contributed by atoms with E-state index in [9.17, 15) is 0 Å². The van der Waals surface area contributed by atoms with Crippen molar-refractivity contribution in [2.24, 2.45) is 17.8 Å². The zero-order valence-electron chi connectivity index (χ0n) is 15.5. The first-order chi connectivity index (χ1) is 11.8. The van der Waals surface area contributed by atoms with Crippen LogP contribution in [0.2, 0.25) is 0 Å². The highest BCUT2D eigenvalue weighted by atomic mass is 16.5. The molecule has 24 heavy (non-hydrogen) atoms. The highest BCUT2D eigenvalue weighted by molar-refractivity contribution is 5.25. The second kappa shape index (κ2) is 8.85. The van der Waals surface area contributed by atoms with Crippen LogP contribution in [0.5, 0.6) is 0 Å². The molecule has 0 aliphatic heterocycles. The fourth-order valence-electron chi connectivity index (χ4n) is 5.06. The number of ether oxygens (including phenoxy) is 1. The van der Waals surface area contributed by atoms with Gasteiger partial charge in [0.15, 0.2) is 0 Å². The molecule has 0 unspecified atom stereocenters. The minimum atomic E-state index is 0.725. The molecule has 2 aliphatic rings. The van der Waals surface area contributed by atoms with Crippen molar-refractivity contribution in [3.05, 3.63) is 47.5 Å². The van der Waals surface area contributed by atoms with E-state index in [0.29, 0.717) is 0 Å². The van der Waals surface area contributed by atoms with Gasteiger partial charge in [-0.2, -0.15) is 0 Å². The van der Waals surface area contributed by atoms with Crippen molar-refractivity contribution in [3.8, 4) is 0 Å². The van der Waals surface area contributed by atoms with Gasteiger partial charge < -0.3 is 4.74 Å². The van der Waals surface area contributed by atoms with E-state index in [1.54, 1.807) is 12.7 Å². The SMILES string of the molecule is C/C=C\C1CCC(C2CCC(c3ccc(COC)cc3)CC2)CC1. The predicted octanol–water partition coefficient (Wildman–Crippen LogP) is 6.49. The molecule has 0 amide bonds. The molecule has 0 spiro atoms. The minimum absolute atomic E-state index is 0.725. The second-order valence-electron chi connectivity index (χ2n) is 7.99. The topological polar surface area (TPSA) is 9.23 Å². The van der Waals surface area contributed by atoms with Crippen molar-refractivity contribution >= 4 is 0 Å². The first kappa shape index (κ1) is 17.7. The van der Waals surface area contributed by atoms with Gasteiger partial charge in [-0.1, -0.05) is 36.4 Å². The molecule has 2 saturated carbocycles. The molecule has 0 bridgehead atoms. The lowest BCUT2D eigenvalue weighted by atomic mass is 9.68. The Morgan fingerprint density at radius 1 is 0.875 bits per heavy atom. The van der Waals surface area contributed by atoms with Gasteiger partial charge >= 0.3 is 0 Å². The first-order valence-corrected chi connectivity index (χ1v) is 10.0. The summed E-state index contributed by atoms with van der Waals surface area (Å²) in [6.07, 6.45) is 16.1. The molecule has 3 rings (SSSR count). The highest BCUT2D eigenvalue weighted by Crippen LogP contribution is 2.44. The van der Waals surface area contributed by atoms with E-state index in [1.165, 1.54) is 56.9 Å². The minimum Gasteiger partial charge on any atom is -0.380 e. The Kier molecular flexibility index (Phi) is 6.54. The number of hydrogen-bond acceptors (Lipinski definition) is 1. The monoisotopic (exact) mass is 326 g/mol. The fraction of sp³-hybridized carbons (Fsp3) is 0.652. The van der Waals surface area contributed by atoms with E-state index in [-0.39, 0.29) is 0 Å². The van der Waals surface area contributed by atoms with Crippen LogP contribution in [0.25, 0.3) is 0 Å². The third kappa shape index (κ3) is 4.51. The zero-order chi connectivity index (χ0) is 16.8. The molecule has 0 heterocycles. The molecule has 0 radical (unpaired) electrons. The van der Waals surface area contributed by atoms with Crippen LogP contribution in [0, 0.1) is 17.8 Å². The van der Waals surface area contributed by atoms with Gasteiger partial charge in [0.25, 0.3) is 0 Å². The smallest absolute Gasteiger partial charge is 0.0713 e. The maximum absolute atomic E-state index is 5.21. The summed E-state index contributed by atoms with van der Waals surface area (Å²) in [6.45, 7) is 2.89. The largest absolute Gasteiger partial charge is 0.380 e. The van der Waals surface area contributed by atoms with E-state index in [1.807, 2.05) is 0 Å². The average Bonchev–Trinajstić information content (AvgIpc) is 2.64. The summed E-state index contributed by atoms with van der Waals surface area (Å²) in [5.41, 5.74) is 2.83. The molecule has 1 heteroatoms. The van der Waals surface area contributed by atoms with Crippen molar-refractivity contribution in [2.45, 2.75) is 70.8 Å². The molecule has 2 fully saturated rings. The van der Waals surface area contributed by atoms with Crippen molar-refractivity contribution < 1.29 is 4.74 Å².